The Labute approximate surface area is 113 Å². The van der Waals surface area contributed by atoms with Crippen molar-refractivity contribution in [2.24, 2.45) is 11.1 Å². The monoisotopic (exact) mass is 257 g/mol. The number of carbonyl (C=O) groups excluding carboxylic acids is 1. The Morgan fingerprint density at radius 1 is 1.22 bits per heavy atom. The third-order valence-corrected chi connectivity index (χ3v) is 3.91. The second-order valence-corrected chi connectivity index (χ2v) is 6.55. The molecule has 0 heterocycles. The normalized spacial score (nSPS) is 14.8. The highest BCUT2D eigenvalue weighted by Gasteiger charge is 2.43. The molecule has 1 atom stereocenters. The number of amides is 1. The Hall–Kier alpha value is -0.610. The lowest BCUT2D eigenvalue weighted by Crippen LogP contribution is -2.58. The van der Waals surface area contributed by atoms with Crippen LogP contribution in [0.1, 0.15) is 41.5 Å². The number of likely N-dealkylation sites (N-methyl/N-ethyl adjacent to an activating group) is 2. The minimum absolute atomic E-state index is 0.131. The van der Waals surface area contributed by atoms with E-state index >= 15 is 0 Å². The Morgan fingerprint density at radius 2 is 1.67 bits per heavy atom. The molecule has 0 aromatic rings. The first-order chi connectivity index (χ1) is 7.95. The summed E-state index contributed by atoms with van der Waals surface area (Å²) in [6.07, 6.45) is 0. The molecule has 1 amide bonds. The first-order valence-corrected chi connectivity index (χ1v) is 6.69. The lowest BCUT2D eigenvalue weighted by atomic mass is 9.74. The van der Waals surface area contributed by atoms with Crippen LogP contribution in [-0.4, -0.2) is 54.5 Å². The van der Waals surface area contributed by atoms with Gasteiger partial charge >= 0.3 is 0 Å². The fraction of sp³-hybridized carbons (Fsp3) is 0.929. The van der Waals surface area contributed by atoms with E-state index in [4.69, 9.17) is 5.73 Å². The van der Waals surface area contributed by atoms with Crippen LogP contribution in [0.15, 0.2) is 0 Å². The van der Waals surface area contributed by atoms with Crippen molar-refractivity contribution in [1.29, 1.82) is 0 Å². The average Bonchev–Trinajstić information content (AvgIpc) is 2.15. The Balaban J connectivity index is 5.03. The lowest BCUT2D eigenvalue weighted by molar-refractivity contribution is -0.145. The van der Waals surface area contributed by atoms with Crippen molar-refractivity contribution < 1.29 is 4.79 Å². The molecule has 0 radical (unpaired) electrons. The fourth-order valence-corrected chi connectivity index (χ4v) is 1.92. The van der Waals surface area contributed by atoms with Gasteiger partial charge in [0.25, 0.3) is 0 Å². The fourth-order valence-electron chi connectivity index (χ4n) is 1.92. The molecule has 0 aromatic carbocycles. The molecule has 0 aliphatic heterocycles. The van der Waals surface area contributed by atoms with Crippen LogP contribution in [0, 0.1) is 5.41 Å². The van der Waals surface area contributed by atoms with E-state index in [2.05, 4.69) is 11.8 Å². The molecular formula is C14H31N3O. The first-order valence-electron chi connectivity index (χ1n) is 6.69. The van der Waals surface area contributed by atoms with Gasteiger partial charge in [-0.3, -0.25) is 4.79 Å². The Bertz CT molecular complexity index is 279. The number of hydrogen-bond donors (Lipinski definition) is 1. The maximum atomic E-state index is 12.7. The van der Waals surface area contributed by atoms with Gasteiger partial charge in [-0.1, -0.05) is 0 Å². The van der Waals surface area contributed by atoms with Crippen molar-refractivity contribution in [3.05, 3.63) is 0 Å². The molecule has 0 aliphatic rings. The molecule has 0 aliphatic carbocycles. The highest BCUT2D eigenvalue weighted by Crippen LogP contribution is 2.31. The van der Waals surface area contributed by atoms with E-state index in [1.807, 2.05) is 53.6 Å². The summed E-state index contributed by atoms with van der Waals surface area (Å²) in [5.74, 6) is 0.131. The third-order valence-electron chi connectivity index (χ3n) is 3.91. The molecule has 18 heavy (non-hydrogen) atoms. The highest BCUT2D eigenvalue weighted by molar-refractivity contribution is 5.83. The molecule has 0 spiro atoms. The van der Waals surface area contributed by atoms with Crippen molar-refractivity contribution in [3.8, 4) is 0 Å². The molecule has 0 rings (SSSR count). The summed E-state index contributed by atoms with van der Waals surface area (Å²) >= 11 is 0. The van der Waals surface area contributed by atoms with Gasteiger partial charge in [0, 0.05) is 24.7 Å². The maximum Gasteiger partial charge on any atom is 0.230 e. The molecular weight excluding hydrogens is 226 g/mol. The van der Waals surface area contributed by atoms with Gasteiger partial charge in [-0.2, -0.15) is 0 Å². The molecule has 1 unspecified atom stereocenters. The molecule has 108 valence electrons. The van der Waals surface area contributed by atoms with Crippen molar-refractivity contribution in [3.63, 3.8) is 0 Å². The minimum atomic E-state index is -0.566. The van der Waals surface area contributed by atoms with E-state index in [-0.39, 0.29) is 11.9 Å². The van der Waals surface area contributed by atoms with E-state index in [9.17, 15) is 4.79 Å². The maximum absolute atomic E-state index is 12.7. The molecule has 0 bridgehead atoms. The predicted molar refractivity (Wildman–Crippen MR) is 77.5 cm³/mol. The van der Waals surface area contributed by atoms with Crippen LogP contribution in [0.5, 0.6) is 0 Å². The van der Waals surface area contributed by atoms with Gasteiger partial charge in [-0.25, -0.2) is 0 Å². The van der Waals surface area contributed by atoms with Crippen LogP contribution in [0.3, 0.4) is 0 Å². The van der Waals surface area contributed by atoms with Crippen LogP contribution in [0.4, 0.5) is 0 Å². The molecule has 0 aromatic heterocycles. The largest absolute Gasteiger partial charge is 0.338 e. The molecule has 4 nitrogen and oxygen atoms in total. The molecule has 4 heteroatoms. The van der Waals surface area contributed by atoms with Gasteiger partial charge in [0.2, 0.25) is 5.91 Å². The summed E-state index contributed by atoms with van der Waals surface area (Å²) in [5.41, 5.74) is 5.05. The zero-order valence-electron chi connectivity index (χ0n) is 13.4. The molecule has 0 fully saturated rings. The molecule has 0 saturated heterocycles. The smallest absolute Gasteiger partial charge is 0.230 e. The van der Waals surface area contributed by atoms with Crippen LogP contribution < -0.4 is 5.73 Å². The highest BCUT2D eigenvalue weighted by atomic mass is 16.2. The van der Waals surface area contributed by atoms with Gasteiger partial charge < -0.3 is 15.5 Å². The SMILES string of the molecule is CCN(C(=O)C(C)(C)C(C)(C)N)C(C)CN(C)C. The summed E-state index contributed by atoms with van der Waals surface area (Å²) in [4.78, 5) is 16.7. The molecule has 0 saturated carbocycles. The van der Waals surface area contributed by atoms with Crippen molar-refractivity contribution in [1.82, 2.24) is 9.80 Å². The van der Waals surface area contributed by atoms with Crippen molar-refractivity contribution in [2.45, 2.75) is 53.1 Å². The van der Waals surface area contributed by atoms with E-state index in [1.165, 1.54) is 0 Å². The van der Waals surface area contributed by atoms with E-state index in [1.54, 1.807) is 0 Å². The Kier molecular flexibility index (Phi) is 5.82. The van der Waals surface area contributed by atoms with Crippen LogP contribution in [0.2, 0.25) is 0 Å². The van der Waals surface area contributed by atoms with E-state index in [0.717, 1.165) is 6.54 Å². The first kappa shape index (κ1) is 17.4. The summed E-state index contributed by atoms with van der Waals surface area (Å²) < 4.78 is 0. The lowest BCUT2D eigenvalue weighted by Gasteiger charge is -2.42. The average molecular weight is 257 g/mol. The Morgan fingerprint density at radius 3 is 1.94 bits per heavy atom. The summed E-state index contributed by atoms with van der Waals surface area (Å²) in [6, 6.07) is 0.194. The van der Waals surface area contributed by atoms with Crippen molar-refractivity contribution in [2.75, 3.05) is 27.2 Å². The zero-order chi connectivity index (χ0) is 14.7. The zero-order valence-corrected chi connectivity index (χ0v) is 13.4. The number of rotatable bonds is 6. The number of nitrogens with two attached hydrogens (primary N) is 1. The molecule has 2 N–H and O–H groups in total. The second kappa shape index (κ2) is 6.02. The van der Waals surface area contributed by atoms with Crippen LogP contribution >= 0.6 is 0 Å². The number of nitrogens with zero attached hydrogens (tertiary/aromatic N) is 2. The van der Waals surface area contributed by atoms with Gasteiger partial charge in [-0.05, 0) is 55.6 Å². The van der Waals surface area contributed by atoms with Gasteiger partial charge in [0.15, 0.2) is 0 Å². The van der Waals surface area contributed by atoms with Gasteiger partial charge in [-0.15, -0.1) is 0 Å². The number of carbonyl (C=O) groups is 1. The third kappa shape index (κ3) is 3.95. The van der Waals surface area contributed by atoms with E-state index in [0.29, 0.717) is 6.54 Å². The predicted octanol–water partition coefficient (Wildman–Crippen LogP) is 1.55. The summed E-state index contributed by atoms with van der Waals surface area (Å²) in [5, 5.41) is 0. The minimum Gasteiger partial charge on any atom is -0.338 e. The number of hydrogen-bond acceptors (Lipinski definition) is 3. The van der Waals surface area contributed by atoms with Crippen molar-refractivity contribution >= 4 is 5.91 Å². The second-order valence-electron chi connectivity index (χ2n) is 6.55. The topological polar surface area (TPSA) is 49.6 Å². The van der Waals surface area contributed by atoms with Crippen LogP contribution in [0.25, 0.3) is 0 Å². The van der Waals surface area contributed by atoms with E-state index < -0.39 is 11.0 Å². The van der Waals surface area contributed by atoms with Gasteiger partial charge in [0.05, 0.1) is 5.41 Å². The quantitative estimate of drug-likeness (QED) is 0.785. The standard InChI is InChI=1S/C14H31N3O/c1-9-17(11(2)10-16(7)8)12(18)13(3,4)14(5,6)15/h11H,9-10,15H2,1-8H3. The summed E-state index contributed by atoms with van der Waals surface area (Å²) in [7, 11) is 4.04. The van der Waals surface area contributed by atoms with Gasteiger partial charge in [0.1, 0.15) is 0 Å². The van der Waals surface area contributed by atoms with Crippen LogP contribution in [-0.2, 0) is 4.79 Å². The summed E-state index contributed by atoms with van der Waals surface area (Å²) in [6.45, 7) is 13.4.